The lowest BCUT2D eigenvalue weighted by atomic mass is 10.2. The molecule has 6 heteroatoms. The molecule has 5 nitrogen and oxygen atoms in total. The summed E-state index contributed by atoms with van der Waals surface area (Å²) >= 11 is 3.57. The van der Waals surface area contributed by atoms with Crippen LogP contribution in [0, 0.1) is 0 Å². The number of hydrogen-bond donors (Lipinski definition) is 1. The minimum absolute atomic E-state index is 0.0150. The average Bonchev–Trinajstić information content (AvgIpc) is 2.62. The van der Waals surface area contributed by atoms with Crippen molar-refractivity contribution in [2.24, 2.45) is 0 Å². The molecule has 1 aliphatic heterocycles. The lowest BCUT2D eigenvalue weighted by Crippen LogP contribution is -2.38. The lowest BCUT2D eigenvalue weighted by molar-refractivity contribution is 0.0902. The smallest absolute Gasteiger partial charge is 0.161 e. The maximum absolute atomic E-state index is 5.94. The molecule has 0 radical (unpaired) electrons. The van der Waals surface area contributed by atoms with E-state index in [2.05, 4.69) is 21.2 Å². The summed E-state index contributed by atoms with van der Waals surface area (Å²) in [5, 5.41) is 3.40. The van der Waals surface area contributed by atoms with Crippen molar-refractivity contribution in [1.82, 2.24) is 5.32 Å². The molecule has 128 valence electrons. The Morgan fingerprint density at radius 2 is 1.83 bits per heavy atom. The Morgan fingerprint density at radius 1 is 1.12 bits per heavy atom. The quantitative estimate of drug-likeness (QED) is 0.814. The second-order valence-corrected chi connectivity index (χ2v) is 6.28. The summed E-state index contributed by atoms with van der Waals surface area (Å²) in [6, 6.07) is 11.6. The van der Waals surface area contributed by atoms with Crippen LogP contribution >= 0.6 is 15.9 Å². The molecule has 24 heavy (non-hydrogen) atoms. The second-order valence-electron chi connectivity index (χ2n) is 5.43. The molecule has 0 amide bonds. The Hall–Kier alpha value is -1.92. The molecular formula is C18H20BrNO4. The Bertz CT molecular complexity index is 707. The predicted octanol–water partition coefficient (Wildman–Crippen LogP) is 3.40. The maximum Gasteiger partial charge on any atom is 0.161 e. The first-order valence-corrected chi connectivity index (χ1v) is 8.50. The average molecular weight is 394 g/mol. The van der Waals surface area contributed by atoms with Gasteiger partial charge in [0.2, 0.25) is 0 Å². The van der Waals surface area contributed by atoms with Gasteiger partial charge in [0.1, 0.15) is 12.7 Å². The molecule has 0 saturated carbocycles. The highest BCUT2D eigenvalue weighted by Gasteiger charge is 2.20. The van der Waals surface area contributed by atoms with Crippen LogP contribution < -0.4 is 24.3 Å². The SMILES string of the molecule is COc1cc(Br)c(CNC[C@H]2COc3ccccc3O2)cc1OC. The van der Waals surface area contributed by atoms with Gasteiger partial charge in [-0.05, 0) is 29.8 Å². The molecule has 0 aliphatic carbocycles. The van der Waals surface area contributed by atoms with Crippen LogP contribution in [0.4, 0.5) is 0 Å². The zero-order chi connectivity index (χ0) is 16.9. The van der Waals surface area contributed by atoms with Gasteiger partial charge in [-0.1, -0.05) is 28.1 Å². The molecule has 2 aromatic rings. The minimum Gasteiger partial charge on any atom is -0.493 e. The third kappa shape index (κ3) is 3.76. The third-order valence-electron chi connectivity index (χ3n) is 3.81. The van der Waals surface area contributed by atoms with Crippen molar-refractivity contribution in [1.29, 1.82) is 0 Å². The van der Waals surface area contributed by atoms with Crippen LogP contribution in [0.15, 0.2) is 40.9 Å². The highest BCUT2D eigenvalue weighted by molar-refractivity contribution is 9.10. The molecule has 2 aromatic carbocycles. The van der Waals surface area contributed by atoms with Gasteiger partial charge in [0.05, 0.1) is 14.2 Å². The fourth-order valence-corrected chi connectivity index (χ4v) is 3.03. The fraction of sp³-hybridized carbons (Fsp3) is 0.333. The summed E-state index contributed by atoms with van der Waals surface area (Å²) < 4.78 is 23.3. The number of halogens is 1. The normalized spacial score (nSPS) is 15.9. The van der Waals surface area contributed by atoms with E-state index in [4.69, 9.17) is 18.9 Å². The Labute approximate surface area is 150 Å². The number of benzene rings is 2. The molecule has 0 saturated heterocycles. The summed E-state index contributed by atoms with van der Waals surface area (Å²) in [6.45, 7) is 1.91. The molecule has 0 bridgehead atoms. The van der Waals surface area contributed by atoms with E-state index in [1.165, 1.54) is 0 Å². The van der Waals surface area contributed by atoms with Gasteiger partial charge in [-0.15, -0.1) is 0 Å². The van der Waals surface area contributed by atoms with E-state index < -0.39 is 0 Å². The Balaban J connectivity index is 1.57. The number of nitrogens with one attached hydrogen (secondary N) is 1. The van der Waals surface area contributed by atoms with E-state index in [9.17, 15) is 0 Å². The van der Waals surface area contributed by atoms with Crippen LogP contribution in [-0.2, 0) is 6.54 Å². The molecular weight excluding hydrogens is 374 g/mol. The number of hydrogen-bond acceptors (Lipinski definition) is 5. The molecule has 0 unspecified atom stereocenters. The Kier molecular flexibility index (Phi) is 5.48. The monoisotopic (exact) mass is 393 g/mol. The number of fused-ring (bicyclic) bond motifs is 1. The standard InChI is InChI=1S/C18H20BrNO4/c1-21-17-7-12(14(19)8-18(17)22-2)9-20-10-13-11-23-15-5-3-4-6-16(15)24-13/h3-8,13,20H,9-11H2,1-2H3/t13-/m0/s1. The van der Waals surface area contributed by atoms with Gasteiger partial charge in [-0.25, -0.2) is 0 Å². The fourth-order valence-electron chi connectivity index (χ4n) is 2.56. The zero-order valence-electron chi connectivity index (χ0n) is 13.7. The summed E-state index contributed by atoms with van der Waals surface area (Å²) in [5.74, 6) is 3.01. The first kappa shape index (κ1) is 16.9. The minimum atomic E-state index is -0.0150. The second kappa shape index (κ2) is 7.77. The number of methoxy groups -OCH3 is 2. The molecule has 3 rings (SSSR count). The topological polar surface area (TPSA) is 49.0 Å². The highest BCUT2D eigenvalue weighted by Crippen LogP contribution is 2.33. The molecule has 0 aromatic heterocycles. The number of para-hydroxylation sites is 2. The number of ether oxygens (including phenoxy) is 4. The van der Waals surface area contributed by atoms with Gasteiger partial charge in [-0.3, -0.25) is 0 Å². The Morgan fingerprint density at radius 3 is 2.58 bits per heavy atom. The van der Waals surface area contributed by atoms with Crippen LogP contribution in [0.25, 0.3) is 0 Å². The molecule has 1 aliphatic rings. The first-order chi connectivity index (χ1) is 11.7. The van der Waals surface area contributed by atoms with Crippen LogP contribution in [-0.4, -0.2) is 33.5 Å². The zero-order valence-corrected chi connectivity index (χ0v) is 15.3. The molecule has 1 atom stereocenters. The lowest BCUT2D eigenvalue weighted by Gasteiger charge is -2.26. The van der Waals surface area contributed by atoms with E-state index in [1.807, 2.05) is 36.4 Å². The van der Waals surface area contributed by atoms with Crippen molar-refractivity contribution in [3.63, 3.8) is 0 Å². The van der Waals surface area contributed by atoms with Crippen LogP contribution in [0.2, 0.25) is 0 Å². The van der Waals surface area contributed by atoms with Gasteiger partial charge in [0, 0.05) is 17.6 Å². The third-order valence-corrected chi connectivity index (χ3v) is 4.55. The van der Waals surface area contributed by atoms with Crippen molar-refractivity contribution in [3.05, 3.63) is 46.4 Å². The summed E-state index contributed by atoms with van der Waals surface area (Å²) in [4.78, 5) is 0. The van der Waals surface area contributed by atoms with Crippen LogP contribution in [0.3, 0.4) is 0 Å². The van der Waals surface area contributed by atoms with Gasteiger partial charge in [-0.2, -0.15) is 0 Å². The number of rotatable bonds is 6. The summed E-state index contributed by atoms with van der Waals surface area (Å²) in [6.07, 6.45) is -0.0150. The van der Waals surface area contributed by atoms with Gasteiger partial charge in [0.15, 0.2) is 23.0 Å². The van der Waals surface area contributed by atoms with Crippen molar-refractivity contribution in [2.45, 2.75) is 12.6 Å². The summed E-state index contributed by atoms with van der Waals surface area (Å²) in [7, 11) is 3.26. The maximum atomic E-state index is 5.94. The van der Waals surface area contributed by atoms with E-state index in [0.717, 1.165) is 21.5 Å². The van der Waals surface area contributed by atoms with Crippen molar-refractivity contribution >= 4 is 15.9 Å². The molecule has 0 spiro atoms. The first-order valence-electron chi connectivity index (χ1n) is 7.71. The van der Waals surface area contributed by atoms with Gasteiger partial charge < -0.3 is 24.3 Å². The van der Waals surface area contributed by atoms with Crippen molar-refractivity contribution in [2.75, 3.05) is 27.4 Å². The van der Waals surface area contributed by atoms with Crippen LogP contribution in [0.5, 0.6) is 23.0 Å². The molecule has 1 heterocycles. The largest absolute Gasteiger partial charge is 0.493 e. The van der Waals surface area contributed by atoms with E-state index in [1.54, 1.807) is 14.2 Å². The van der Waals surface area contributed by atoms with Crippen molar-refractivity contribution < 1.29 is 18.9 Å². The van der Waals surface area contributed by atoms with E-state index in [-0.39, 0.29) is 6.10 Å². The predicted molar refractivity (Wildman–Crippen MR) is 95.3 cm³/mol. The molecule has 1 N–H and O–H groups in total. The van der Waals surface area contributed by atoms with Crippen LogP contribution in [0.1, 0.15) is 5.56 Å². The van der Waals surface area contributed by atoms with Crippen molar-refractivity contribution in [3.8, 4) is 23.0 Å². The van der Waals surface area contributed by atoms with E-state index in [0.29, 0.717) is 31.2 Å². The highest BCUT2D eigenvalue weighted by atomic mass is 79.9. The summed E-state index contributed by atoms with van der Waals surface area (Å²) in [5.41, 5.74) is 1.09. The van der Waals surface area contributed by atoms with E-state index >= 15 is 0 Å². The molecule has 0 fully saturated rings. The van der Waals surface area contributed by atoms with Gasteiger partial charge >= 0.3 is 0 Å². The van der Waals surface area contributed by atoms with Gasteiger partial charge in [0.25, 0.3) is 0 Å².